The van der Waals surface area contributed by atoms with Crippen molar-refractivity contribution in [2.75, 3.05) is 30.1 Å². The summed E-state index contributed by atoms with van der Waals surface area (Å²) in [6.07, 6.45) is 0. The van der Waals surface area contributed by atoms with Crippen molar-refractivity contribution in [3.05, 3.63) is 58.6 Å². The Hall–Kier alpha value is -1.90. The van der Waals surface area contributed by atoms with Crippen molar-refractivity contribution in [3.8, 4) is 5.75 Å². The number of hydrogen-bond donors (Lipinski definition) is 0. The number of piperazine rings is 1. The van der Waals surface area contributed by atoms with Gasteiger partial charge in [0, 0.05) is 22.7 Å². The molecule has 2 heterocycles. The monoisotopic (exact) mass is 464 g/mol. The average Bonchev–Trinajstić information content (AvgIpc) is 2.99. The Morgan fingerprint density at radius 1 is 1.04 bits per heavy atom. The summed E-state index contributed by atoms with van der Waals surface area (Å²) in [5, 5.41) is 0. The quantitative estimate of drug-likeness (QED) is 0.694. The largest absolute Gasteiger partial charge is 0.497 e. The molecule has 2 aromatic carbocycles. The highest BCUT2D eigenvalue weighted by atomic mass is 79.9. The molecule has 6 nitrogen and oxygen atoms in total. The smallest absolute Gasteiger partial charge is 0.241 e. The topological polar surface area (TPSA) is 66.9 Å². The van der Waals surface area contributed by atoms with Gasteiger partial charge in [-0.3, -0.25) is 9.69 Å². The lowest BCUT2D eigenvalue weighted by Gasteiger charge is -2.43. The predicted octanol–water partition coefficient (Wildman–Crippen LogP) is 2.47. The first-order valence-electron chi connectivity index (χ1n) is 9.01. The molecule has 2 aromatic rings. The fourth-order valence-electron chi connectivity index (χ4n) is 4.03. The van der Waals surface area contributed by atoms with Crippen LogP contribution >= 0.6 is 15.9 Å². The maximum absolute atomic E-state index is 13.0. The number of carbonyl (C=O) groups is 1. The number of benzene rings is 2. The van der Waals surface area contributed by atoms with Crippen molar-refractivity contribution in [2.45, 2.75) is 18.6 Å². The second-order valence-electron chi connectivity index (χ2n) is 7.20. The Labute approximate surface area is 173 Å². The van der Waals surface area contributed by atoms with Crippen LogP contribution in [-0.2, 0) is 21.2 Å². The summed E-state index contributed by atoms with van der Waals surface area (Å²) in [7, 11) is -1.59. The van der Waals surface area contributed by atoms with Gasteiger partial charge in [0.15, 0.2) is 9.84 Å². The minimum absolute atomic E-state index is 0.00141. The van der Waals surface area contributed by atoms with E-state index in [1.807, 2.05) is 53.4 Å². The molecule has 0 spiro atoms. The van der Waals surface area contributed by atoms with Crippen LogP contribution in [0.3, 0.4) is 0 Å². The predicted molar refractivity (Wildman–Crippen MR) is 111 cm³/mol. The first kappa shape index (κ1) is 19.4. The SMILES string of the molecule is COc1ccc(CN2CC(=O)N(c3ccc(Br)cc3)[C@@H]3CS(=O)(=O)C[C@@H]32)cc1. The number of rotatable bonds is 4. The zero-order valence-electron chi connectivity index (χ0n) is 15.4. The number of amides is 1. The van der Waals surface area contributed by atoms with Crippen LogP contribution < -0.4 is 9.64 Å². The van der Waals surface area contributed by atoms with Crippen LogP contribution in [0.1, 0.15) is 5.56 Å². The highest BCUT2D eigenvalue weighted by molar-refractivity contribution is 9.10. The highest BCUT2D eigenvalue weighted by Crippen LogP contribution is 2.33. The van der Waals surface area contributed by atoms with E-state index in [4.69, 9.17) is 4.74 Å². The van der Waals surface area contributed by atoms with Crippen LogP contribution in [0.15, 0.2) is 53.0 Å². The molecule has 0 unspecified atom stereocenters. The van der Waals surface area contributed by atoms with E-state index in [0.717, 1.165) is 21.5 Å². The molecule has 8 heteroatoms. The fraction of sp³-hybridized carbons (Fsp3) is 0.350. The fourth-order valence-corrected chi connectivity index (χ4v) is 6.28. The van der Waals surface area contributed by atoms with Crippen molar-refractivity contribution in [3.63, 3.8) is 0 Å². The van der Waals surface area contributed by atoms with Crippen molar-refractivity contribution in [1.29, 1.82) is 0 Å². The first-order chi connectivity index (χ1) is 13.4. The second kappa shape index (κ2) is 7.50. The zero-order valence-corrected chi connectivity index (χ0v) is 17.8. The number of anilines is 1. The lowest BCUT2D eigenvalue weighted by Crippen LogP contribution is -2.61. The van der Waals surface area contributed by atoms with Gasteiger partial charge in [0.2, 0.25) is 5.91 Å². The molecule has 2 aliphatic rings. The van der Waals surface area contributed by atoms with Crippen LogP contribution in [0.5, 0.6) is 5.75 Å². The number of hydrogen-bond acceptors (Lipinski definition) is 5. The molecule has 0 saturated carbocycles. The molecule has 2 atom stereocenters. The van der Waals surface area contributed by atoms with E-state index in [2.05, 4.69) is 15.9 Å². The molecular formula is C20H21BrN2O4S. The Morgan fingerprint density at radius 3 is 2.32 bits per heavy atom. The van der Waals surface area contributed by atoms with Gasteiger partial charge in [-0.2, -0.15) is 0 Å². The van der Waals surface area contributed by atoms with Gasteiger partial charge in [0.25, 0.3) is 0 Å². The van der Waals surface area contributed by atoms with Gasteiger partial charge >= 0.3 is 0 Å². The second-order valence-corrected chi connectivity index (χ2v) is 10.3. The van der Waals surface area contributed by atoms with Gasteiger partial charge in [-0.05, 0) is 42.0 Å². The molecule has 148 valence electrons. The molecule has 4 rings (SSSR count). The Balaban J connectivity index is 1.63. The summed E-state index contributed by atoms with van der Waals surface area (Å²) in [6.45, 7) is 0.722. The van der Waals surface area contributed by atoms with Gasteiger partial charge in [-0.25, -0.2) is 8.42 Å². The van der Waals surface area contributed by atoms with Crippen LogP contribution in [0.25, 0.3) is 0 Å². The number of carbonyl (C=O) groups excluding carboxylic acids is 1. The first-order valence-corrected chi connectivity index (χ1v) is 11.6. The van der Waals surface area contributed by atoms with Gasteiger partial charge in [-0.15, -0.1) is 0 Å². The van der Waals surface area contributed by atoms with E-state index in [1.54, 1.807) is 12.0 Å². The highest BCUT2D eigenvalue weighted by Gasteiger charge is 2.49. The molecule has 0 aliphatic carbocycles. The maximum atomic E-state index is 13.0. The van der Waals surface area contributed by atoms with Crippen LogP contribution in [-0.4, -0.2) is 56.5 Å². The third-order valence-corrected chi connectivity index (χ3v) is 7.58. The third-order valence-electron chi connectivity index (χ3n) is 5.35. The number of methoxy groups -OCH3 is 1. The molecule has 0 N–H and O–H groups in total. The number of ether oxygens (including phenoxy) is 1. The Morgan fingerprint density at radius 2 is 1.68 bits per heavy atom. The number of sulfone groups is 1. The molecule has 0 radical (unpaired) electrons. The lowest BCUT2D eigenvalue weighted by molar-refractivity contribution is -0.123. The van der Waals surface area contributed by atoms with Gasteiger partial charge < -0.3 is 9.64 Å². The molecule has 28 heavy (non-hydrogen) atoms. The molecule has 1 amide bonds. The van der Waals surface area contributed by atoms with Crippen molar-refractivity contribution in [2.24, 2.45) is 0 Å². The summed E-state index contributed by atoms with van der Waals surface area (Å²) in [5.41, 5.74) is 1.76. The lowest BCUT2D eigenvalue weighted by atomic mass is 10.0. The minimum Gasteiger partial charge on any atom is -0.497 e. The van der Waals surface area contributed by atoms with E-state index in [1.165, 1.54) is 0 Å². The Kier molecular flexibility index (Phi) is 5.20. The van der Waals surface area contributed by atoms with Crippen molar-refractivity contribution < 1.29 is 17.9 Å². The normalized spacial score (nSPS) is 24.2. The molecule has 0 bridgehead atoms. The maximum Gasteiger partial charge on any atom is 0.241 e. The van der Waals surface area contributed by atoms with E-state index in [-0.39, 0.29) is 36.0 Å². The number of halogens is 1. The van der Waals surface area contributed by atoms with Crippen LogP contribution in [0, 0.1) is 0 Å². The average molecular weight is 465 g/mol. The van der Waals surface area contributed by atoms with Gasteiger partial charge in [0.1, 0.15) is 5.75 Å². The standard InChI is InChI=1S/C20H21BrN2O4S/c1-27-17-8-2-14(3-9-17)10-22-11-20(24)23(16-6-4-15(21)5-7-16)19-13-28(25,26)12-18(19)22/h2-9,18-19H,10-13H2,1H3/t18-,19+/m0/s1. The molecule has 0 aromatic heterocycles. The third kappa shape index (κ3) is 3.81. The number of nitrogens with zero attached hydrogens (tertiary/aromatic N) is 2. The molecular weight excluding hydrogens is 444 g/mol. The van der Waals surface area contributed by atoms with Crippen molar-refractivity contribution in [1.82, 2.24) is 4.90 Å². The molecule has 2 saturated heterocycles. The van der Waals surface area contributed by atoms with Crippen molar-refractivity contribution >= 4 is 37.4 Å². The van der Waals surface area contributed by atoms with Gasteiger partial charge in [0.05, 0.1) is 31.2 Å². The Bertz CT molecular complexity index is 976. The summed E-state index contributed by atoms with van der Waals surface area (Å²) >= 11 is 3.40. The minimum atomic E-state index is -3.20. The van der Waals surface area contributed by atoms with E-state index < -0.39 is 9.84 Å². The van der Waals surface area contributed by atoms with Crippen LogP contribution in [0.2, 0.25) is 0 Å². The summed E-state index contributed by atoms with van der Waals surface area (Å²) in [5.74, 6) is 0.766. The zero-order chi connectivity index (χ0) is 19.9. The summed E-state index contributed by atoms with van der Waals surface area (Å²) in [4.78, 5) is 16.7. The van der Waals surface area contributed by atoms with E-state index in [0.29, 0.717) is 6.54 Å². The van der Waals surface area contributed by atoms with Gasteiger partial charge in [-0.1, -0.05) is 28.1 Å². The summed E-state index contributed by atoms with van der Waals surface area (Å²) in [6, 6.07) is 14.5. The molecule has 2 aliphatic heterocycles. The van der Waals surface area contributed by atoms with E-state index >= 15 is 0 Å². The summed E-state index contributed by atoms with van der Waals surface area (Å²) < 4.78 is 31.0. The molecule has 2 fully saturated rings. The number of fused-ring (bicyclic) bond motifs is 1. The van der Waals surface area contributed by atoms with Crippen LogP contribution in [0.4, 0.5) is 5.69 Å². The van der Waals surface area contributed by atoms with E-state index in [9.17, 15) is 13.2 Å².